The normalized spacial score (nSPS) is 32.8. The summed E-state index contributed by atoms with van der Waals surface area (Å²) in [7, 11) is 9.09. The number of aliphatic hydroxyl groups is 2. The van der Waals surface area contributed by atoms with Gasteiger partial charge in [0.1, 0.15) is 36.5 Å². The molecule has 10 heterocycles. The van der Waals surface area contributed by atoms with E-state index >= 15 is 0 Å². The van der Waals surface area contributed by atoms with Crippen LogP contribution in [0, 0.1) is 0 Å². The molecule has 6 aliphatic rings. The number of halogens is 2. The predicted octanol–water partition coefficient (Wildman–Crippen LogP) is -0.520. The van der Waals surface area contributed by atoms with Gasteiger partial charge in [-0.2, -0.15) is 0 Å². The minimum absolute atomic E-state index is 0. The molecule has 4 aromatic rings. The first-order chi connectivity index (χ1) is 25.8. The topological polar surface area (TPSA) is 118 Å². The van der Waals surface area contributed by atoms with Gasteiger partial charge in [-0.3, -0.25) is 0 Å². The Morgan fingerprint density at radius 1 is 0.589 bits per heavy atom. The van der Waals surface area contributed by atoms with Crippen LogP contribution in [0.15, 0.2) is 70.1 Å². The lowest BCUT2D eigenvalue weighted by Crippen LogP contribution is -3.00. The highest BCUT2D eigenvalue weighted by molar-refractivity contribution is 7.12. The highest BCUT2D eigenvalue weighted by Crippen LogP contribution is 2.52. The molecule has 0 radical (unpaired) electrons. The molecular formula is C40H48Br2N2O8S4. The van der Waals surface area contributed by atoms with Gasteiger partial charge in [-0.15, -0.1) is 45.3 Å². The van der Waals surface area contributed by atoms with Gasteiger partial charge in [0.25, 0.3) is 0 Å². The van der Waals surface area contributed by atoms with Gasteiger partial charge in [0, 0.05) is 38.5 Å². The molecule has 6 fully saturated rings. The molecular weight excluding hydrogens is 925 g/mol. The lowest BCUT2D eigenvalue weighted by atomic mass is 9.89. The van der Waals surface area contributed by atoms with Gasteiger partial charge < -0.3 is 72.1 Å². The molecule has 10 nitrogen and oxygen atoms in total. The maximum atomic E-state index is 13.3. The Hall–Kier alpha value is -1.54. The van der Waals surface area contributed by atoms with Crippen molar-refractivity contribution in [3.63, 3.8) is 0 Å². The number of quaternary nitrogens is 2. The summed E-state index contributed by atoms with van der Waals surface area (Å²) < 4.78 is 25.4. The molecule has 10 rings (SSSR count). The Labute approximate surface area is 364 Å². The standard InChI is InChI=1S/C21H26NO4S2.C19H22NO4S2.2BrH/c1-22(2)13-9-15(10-14(22)12-17-16(11-13)26-17)25-20(23)21(24,18-5-3-7-27-18)19-6-4-8-28-19;1-20(2)12-9-11(10-13(20)17-16(12)24-17)23-18(21)19(22,14-5-3-7-25-14)15-6-4-8-26-15;;/h3-8,13-17,24H,9-12H2,1-2H3;3-8,11-13,16-17,22H,9-10H2,1-2H3;2*1H/q2*+1;;/p-2/t13-,14+,15?,16-,17+;;;. The number of thiophene rings is 4. The first kappa shape index (κ1) is 42.6. The quantitative estimate of drug-likeness (QED) is 0.138. The highest BCUT2D eigenvalue weighted by atomic mass is 79.9. The van der Waals surface area contributed by atoms with E-state index in [-0.39, 0.29) is 46.2 Å². The third kappa shape index (κ3) is 7.25. The monoisotopic (exact) mass is 970 g/mol. The van der Waals surface area contributed by atoms with Gasteiger partial charge in [-0.1, -0.05) is 24.3 Å². The number of nitrogens with zero attached hydrogens (tertiary/aromatic N) is 2. The number of hydrogen-bond donors (Lipinski definition) is 2. The first-order valence-electron chi connectivity index (χ1n) is 18.8. The summed E-state index contributed by atoms with van der Waals surface area (Å²) in [6.07, 6.45) is 6.38. The number of likely N-dealkylation sites (N-methyl/N-ethyl adjacent to an activating group) is 1. The van der Waals surface area contributed by atoms with Crippen LogP contribution in [0.2, 0.25) is 0 Å². The van der Waals surface area contributed by atoms with Crippen LogP contribution >= 0.6 is 45.3 Å². The van der Waals surface area contributed by atoms with Crippen molar-refractivity contribution >= 4 is 57.3 Å². The molecule has 0 aliphatic carbocycles. The second-order valence-electron chi connectivity index (χ2n) is 16.8. The molecule has 0 spiro atoms. The number of piperidine rings is 2. The molecule has 0 saturated carbocycles. The number of fused-ring (bicyclic) bond motifs is 8. The minimum atomic E-state index is -1.72. The molecule has 56 heavy (non-hydrogen) atoms. The van der Waals surface area contributed by atoms with Gasteiger partial charge in [-0.05, 0) is 45.8 Å². The zero-order valence-corrected chi connectivity index (χ0v) is 38.0. The molecule has 304 valence electrons. The van der Waals surface area contributed by atoms with Crippen LogP contribution in [-0.4, -0.2) is 120 Å². The van der Waals surface area contributed by atoms with Crippen molar-refractivity contribution < 1.29 is 81.7 Å². The van der Waals surface area contributed by atoms with Crippen molar-refractivity contribution in [3.05, 3.63) is 89.6 Å². The van der Waals surface area contributed by atoms with Crippen LogP contribution in [-0.2, 0) is 39.7 Å². The van der Waals surface area contributed by atoms with E-state index in [0.717, 1.165) is 47.5 Å². The van der Waals surface area contributed by atoms with Crippen molar-refractivity contribution in [1.29, 1.82) is 0 Å². The third-order valence-electron chi connectivity index (χ3n) is 13.3. The molecule has 5 unspecified atom stereocenters. The number of epoxide rings is 2. The zero-order chi connectivity index (χ0) is 37.6. The Balaban J connectivity index is 0.000000166. The summed E-state index contributed by atoms with van der Waals surface area (Å²) in [5.74, 6) is -1.11. The van der Waals surface area contributed by atoms with Crippen molar-refractivity contribution in [2.24, 2.45) is 0 Å². The van der Waals surface area contributed by atoms with E-state index in [4.69, 9.17) is 18.9 Å². The molecule has 4 aromatic heterocycles. The summed E-state index contributed by atoms with van der Waals surface area (Å²) in [5.41, 5.74) is -3.44. The van der Waals surface area contributed by atoms with Crippen LogP contribution in [0.4, 0.5) is 0 Å². The molecule has 2 N–H and O–H groups in total. The summed E-state index contributed by atoms with van der Waals surface area (Å²) in [4.78, 5) is 28.8. The fourth-order valence-electron chi connectivity index (χ4n) is 9.86. The summed E-state index contributed by atoms with van der Waals surface area (Å²) in [6.45, 7) is 0. The molecule has 6 saturated heterocycles. The minimum Gasteiger partial charge on any atom is -1.00 e. The Morgan fingerprint density at radius 2 is 0.946 bits per heavy atom. The number of carbonyl (C=O) groups excluding carboxylic acids is 2. The Morgan fingerprint density at radius 3 is 1.29 bits per heavy atom. The molecule has 0 amide bonds. The lowest BCUT2D eigenvalue weighted by molar-refractivity contribution is -0.945. The van der Waals surface area contributed by atoms with Crippen LogP contribution in [0.5, 0.6) is 0 Å². The molecule has 4 bridgehead atoms. The lowest BCUT2D eigenvalue weighted by Gasteiger charge is -2.49. The second-order valence-corrected chi connectivity index (χ2v) is 20.6. The Kier molecular flexibility index (Phi) is 12.0. The second kappa shape index (κ2) is 15.8. The first-order valence-corrected chi connectivity index (χ1v) is 22.3. The van der Waals surface area contributed by atoms with E-state index in [0.29, 0.717) is 68.1 Å². The molecule has 0 aromatic carbocycles. The van der Waals surface area contributed by atoms with Crippen molar-refractivity contribution in [2.75, 3.05) is 28.2 Å². The molecule has 6 aliphatic heterocycles. The fraction of sp³-hybridized carbons (Fsp3) is 0.550. The number of carbonyl (C=O) groups is 2. The summed E-state index contributed by atoms with van der Waals surface area (Å²) in [6, 6.07) is 16.2. The van der Waals surface area contributed by atoms with Gasteiger partial charge in [0.05, 0.1) is 72.0 Å². The molecule has 16 heteroatoms. The van der Waals surface area contributed by atoms with Crippen LogP contribution in [0.3, 0.4) is 0 Å². The average Bonchev–Trinajstić information content (AvgIpc) is 3.66. The van der Waals surface area contributed by atoms with E-state index < -0.39 is 23.1 Å². The van der Waals surface area contributed by atoms with Gasteiger partial charge in [-0.25, -0.2) is 9.59 Å². The zero-order valence-electron chi connectivity index (χ0n) is 31.6. The van der Waals surface area contributed by atoms with Gasteiger partial charge >= 0.3 is 11.9 Å². The van der Waals surface area contributed by atoms with E-state index in [2.05, 4.69) is 28.2 Å². The van der Waals surface area contributed by atoms with Crippen LogP contribution in [0.25, 0.3) is 0 Å². The molecule has 9 atom stereocenters. The number of esters is 2. The SMILES string of the molecule is C[N+]1(C)C2CC(OC(=O)C(O)(c3cccs3)c3cccs3)CC1C1OC12.C[N+]1(C)[C@@H]2CC(OC(=O)C(O)(c3cccs3)c3cccs3)C[C@H]1C[C@@H]1O[C@@H]1C2.[Br-].[Br-]. The predicted molar refractivity (Wildman–Crippen MR) is 207 cm³/mol. The number of ether oxygens (including phenoxy) is 4. The van der Waals surface area contributed by atoms with Crippen molar-refractivity contribution in [1.82, 2.24) is 0 Å². The number of rotatable bonds is 8. The van der Waals surface area contributed by atoms with E-state index in [1.54, 1.807) is 24.3 Å². The third-order valence-corrected chi connectivity index (χ3v) is 17.3. The summed E-state index contributed by atoms with van der Waals surface area (Å²) >= 11 is 5.50. The smallest absolute Gasteiger partial charge is 0.349 e. The maximum Gasteiger partial charge on any atom is 0.349 e. The highest BCUT2D eigenvalue weighted by Gasteiger charge is 2.71. The van der Waals surface area contributed by atoms with Crippen molar-refractivity contribution in [2.45, 2.75) is 111 Å². The Bertz CT molecular complexity index is 1850. The maximum absolute atomic E-state index is 13.3. The average molecular weight is 973 g/mol. The summed E-state index contributed by atoms with van der Waals surface area (Å²) in [5, 5.41) is 30.3. The largest absolute Gasteiger partial charge is 1.00 e. The van der Waals surface area contributed by atoms with E-state index in [1.807, 2.05) is 45.8 Å². The van der Waals surface area contributed by atoms with Crippen LogP contribution in [0.1, 0.15) is 58.0 Å². The van der Waals surface area contributed by atoms with Crippen LogP contribution < -0.4 is 34.0 Å². The van der Waals surface area contributed by atoms with Gasteiger partial charge in [0.2, 0.25) is 11.2 Å². The van der Waals surface area contributed by atoms with E-state index in [1.165, 1.54) is 45.3 Å². The number of morpholine rings is 1. The fourth-order valence-corrected chi connectivity index (χ4v) is 13.3. The van der Waals surface area contributed by atoms with E-state index in [9.17, 15) is 19.8 Å². The van der Waals surface area contributed by atoms with Crippen molar-refractivity contribution in [3.8, 4) is 0 Å². The van der Waals surface area contributed by atoms with Gasteiger partial charge in [0.15, 0.2) is 0 Å². The number of hydrogen-bond acceptors (Lipinski definition) is 12.